The maximum absolute atomic E-state index is 13.7. The van der Waals surface area contributed by atoms with Crippen LogP contribution in [0.5, 0.6) is 0 Å². The molecule has 1 aromatic heterocycles. The summed E-state index contributed by atoms with van der Waals surface area (Å²) in [5, 5.41) is 2.47. The lowest BCUT2D eigenvalue weighted by Crippen LogP contribution is -2.22. The molecule has 0 atom stereocenters. The molecule has 0 unspecified atom stereocenters. The van der Waals surface area contributed by atoms with Crippen LogP contribution in [-0.4, -0.2) is 48.9 Å². The van der Waals surface area contributed by atoms with Crippen LogP contribution in [0.25, 0.3) is 0 Å². The Morgan fingerprint density at radius 2 is 1.84 bits per heavy atom. The standard InChI is InChI=1S/C17H16FN3O4/c1-21(2)16(23)11-6-12(18)8-13(7-11)20-15(22)14-5-4-10(9-19-14)17(24)25-3/h4-9H,1-3H3,(H,20,22). The number of hydrogen-bond donors (Lipinski definition) is 1. The molecule has 1 heterocycles. The van der Waals surface area contributed by atoms with E-state index >= 15 is 0 Å². The average molecular weight is 345 g/mol. The molecule has 130 valence electrons. The molecule has 0 aliphatic rings. The summed E-state index contributed by atoms with van der Waals surface area (Å²) in [6, 6.07) is 6.27. The van der Waals surface area contributed by atoms with Gasteiger partial charge in [0.1, 0.15) is 11.5 Å². The molecule has 1 aromatic carbocycles. The van der Waals surface area contributed by atoms with Crippen molar-refractivity contribution in [2.24, 2.45) is 0 Å². The van der Waals surface area contributed by atoms with Gasteiger partial charge in [-0.3, -0.25) is 14.6 Å². The van der Waals surface area contributed by atoms with E-state index in [0.717, 1.165) is 12.1 Å². The molecule has 8 heteroatoms. The fraction of sp³-hybridized carbons (Fsp3) is 0.176. The number of aromatic nitrogens is 1. The van der Waals surface area contributed by atoms with Crippen LogP contribution in [0.2, 0.25) is 0 Å². The number of benzene rings is 1. The van der Waals surface area contributed by atoms with Crippen molar-refractivity contribution in [2.45, 2.75) is 0 Å². The number of methoxy groups -OCH3 is 1. The lowest BCUT2D eigenvalue weighted by molar-refractivity contribution is 0.0599. The molecule has 0 aliphatic carbocycles. The number of pyridine rings is 1. The highest BCUT2D eigenvalue weighted by Gasteiger charge is 2.14. The van der Waals surface area contributed by atoms with Gasteiger partial charge in [0.05, 0.1) is 12.7 Å². The summed E-state index contributed by atoms with van der Waals surface area (Å²) in [6.45, 7) is 0. The molecule has 0 saturated carbocycles. The van der Waals surface area contributed by atoms with Gasteiger partial charge in [-0.25, -0.2) is 9.18 Å². The SMILES string of the molecule is COC(=O)c1ccc(C(=O)Nc2cc(F)cc(C(=O)N(C)C)c2)nc1. The third kappa shape index (κ3) is 4.37. The van der Waals surface area contributed by atoms with Gasteiger partial charge < -0.3 is 15.0 Å². The second kappa shape index (κ2) is 7.52. The molecule has 0 bridgehead atoms. The van der Waals surface area contributed by atoms with Crippen molar-refractivity contribution in [1.82, 2.24) is 9.88 Å². The molecule has 0 saturated heterocycles. The van der Waals surface area contributed by atoms with E-state index < -0.39 is 23.6 Å². The van der Waals surface area contributed by atoms with Gasteiger partial charge in [0.25, 0.3) is 11.8 Å². The van der Waals surface area contributed by atoms with Crippen molar-refractivity contribution < 1.29 is 23.5 Å². The summed E-state index contributed by atoms with van der Waals surface area (Å²) >= 11 is 0. The zero-order valence-corrected chi connectivity index (χ0v) is 13.9. The second-order valence-corrected chi connectivity index (χ2v) is 5.31. The van der Waals surface area contributed by atoms with Crippen molar-refractivity contribution in [2.75, 3.05) is 26.5 Å². The Kier molecular flexibility index (Phi) is 5.43. The van der Waals surface area contributed by atoms with E-state index in [-0.39, 0.29) is 22.5 Å². The van der Waals surface area contributed by atoms with Crippen molar-refractivity contribution in [3.05, 3.63) is 59.2 Å². The Hall–Kier alpha value is -3.29. The summed E-state index contributed by atoms with van der Waals surface area (Å²) in [7, 11) is 4.32. The van der Waals surface area contributed by atoms with E-state index in [1.54, 1.807) is 0 Å². The quantitative estimate of drug-likeness (QED) is 0.856. The molecule has 0 spiro atoms. The number of hydrogen-bond acceptors (Lipinski definition) is 5. The normalized spacial score (nSPS) is 10.1. The van der Waals surface area contributed by atoms with Crippen LogP contribution >= 0.6 is 0 Å². The van der Waals surface area contributed by atoms with Gasteiger partial charge in [-0.2, -0.15) is 0 Å². The molecule has 1 N–H and O–H groups in total. The van der Waals surface area contributed by atoms with E-state index in [2.05, 4.69) is 15.0 Å². The molecule has 0 radical (unpaired) electrons. The zero-order chi connectivity index (χ0) is 18.6. The largest absolute Gasteiger partial charge is 0.465 e. The van der Waals surface area contributed by atoms with E-state index in [0.29, 0.717) is 0 Å². The van der Waals surface area contributed by atoms with Crippen molar-refractivity contribution >= 4 is 23.5 Å². The molecular formula is C17H16FN3O4. The Morgan fingerprint density at radius 3 is 2.40 bits per heavy atom. The summed E-state index contributed by atoms with van der Waals surface area (Å²) in [6.07, 6.45) is 1.20. The Labute approximate surface area is 143 Å². The van der Waals surface area contributed by atoms with Crippen LogP contribution in [0, 0.1) is 5.82 Å². The highest BCUT2D eigenvalue weighted by Crippen LogP contribution is 2.16. The first kappa shape index (κ1) is 18.1. The minimum absolute atomic E-state index is 0.0254. The third-order valence-electron chi connectivity index (χ3n) is 3.23. The lowest BCUT2D eigenvalue weighted by Gasteiger charge is -2.12. The minimum atomic E-state index is -0.656. The molecule has 2 aromatic rings. The highest BCUT2D eigenvalue weighted by molar-refractivity contribution is 6.04. The fourth-order valence-electron chi connectivity index (χ4n) is 2.01. The number of amides is 2. The third-order valence-corrected chi connectivity index (χ3v) is 3.23. The van der Waals surface area contributed by atoms with Gasteiger partial charge >= 0.3 is 5.97 Å². The van der Waals surface area contributed by atoms with E-state index in [4.69, 9.17) is 0 Å². The number of carbonyl (C=O) groups excluding carboxylic acids is 3. The number of carbonyl (C=O) groups is 3. The number of ether oxygens (including phenoxy) is 1. The van der Waals surface area contributed by atoms with Gasteiger partial charge in [0.15, 0.2) is 0 Å². The maximum atomic E-state index is 13.7. The van der Waals surface area contributed by atoms with Crippen LogP contribution in [0.15, 0.2) is 36.5 Å². The van der Waals surface area contributed by atoms with Gasteiger partial charge in [-0.05, 0) is 30.3 Å². The number of nitrogens with zero attached hydrogens (tertiary/aromatic N) is 2. The number of esters is 1. The lowest BCUT2D eigenvalue weighted by atomic mass is 10.1. The molecule has 7 nitrogen and oxygen atoms in total. The molecule has 25 heavy (non-hydrogen) atoms. The Balaban J connectivity index is 2.20. The predicted molar refractivity (Wildman–Crippen MR) is 87.9 cm³/mol. The van der Waals surface area contributed by atoms with E-state index in [9.17, 15) is 18.8 Å². The van der Waals surface area contributed by atoms with Gasteiger partial charge in [-0.15, -0.1) is 0 Å². The number of anilines is 1. The van der Waals surface area contributed by atoms with Crippen LogP contribution in [0.4, 0.5) is 10.1 Å². The Morgan fingerprint density at radius 1 is 1.12 bits per heavy atom. The highest BCUT2D eigenvalue weighted by atomic mass is 19.1. The molecular weight excluding hydrogens is 329 g/mol. The number of rotatable bonds is 4. The van der Waals surface area contributed by atoms with Crippen molar-refractivity contribution in [3.63, 3.8) is 0 Å². The Bertz CT molecular complexity index is 819. The van der Waals surface area contributed by atoms with Gasteiger partial charge in [-0.1, -0.05) is 0 Å². The van der Waals surface area contributed by atoms with Crippen molar-refractivity contribution in [3.8, 4) is 0 Å². The molecule has 2 amide bonds. The minimum Gasteiger partial charge on any atom is -0.465 e. The monoisotopic (exact) mass is 345 g/mol. The summed E-state index contributed by atoms with van der Waals surface area (Å²) < 4.78 is 18.2. The summed E-state index contributed by atoms with van der Waals surface area (Å²) in [4.78, 5) is 40.6. The van der Waals surface area contributed by atoms with E-state index in [1.165, 1.54) is 50.5 Å². The second-order valence-electron chi connectivity index (χ2n) is 5.31. The van der Waals surface area contributed by atoms with Gasteiger partial charge in [0, 0.05) is 31.5 Å². The maximum Gasteiger partial charge on any atom is 0.339 e. The van der Waals surface area contributed by atoms with Gasteiger partial charge in [0.2, 0.25) is 0 Å². The van der Waals surface area contributed by atoms with Crippen LogP contribution < -0.4 is 5.32 Å². The first-order valence-corrected chi connectivity index (χ1v) is 7.19. The smallest absolute Gasteiger partial charge is 0.339 e. The molecule has 0 fully saturated rings. The summed E-state index contributed by atoms with van der Waals surface area (Å²) in [5.41, 5.74) is 0.449. The van der Waals surface area contributed by atoms with Crippen molar-refractivity contribution in [1.29, 1.82) is 0 Å². The number of nitrogens with one attached hydrogen (secondary N) is 1. The number of halogens is 1. The first-order chi connectivity index (χ1) is 11.8. The molecule has 0 aliphatic heterocycles. The van der Waals surface area contributed by atoms with Crippen LogP contribution in [0.1, 0.15) is 31.2 Å². The van der Waals surface area contributed by atoms with Crippen LogP contribution in [-0.2, 0) is 4.74 Å². The van der Waals surface area contributed by atoms with E-state index in [1.807, 2.05) is 0 Å². The first-order valence-electron chi connectivity index (χ1n) is 7.19. The van der Waals surface area contributed by atoms with Crippen LogP contribution in [0.3, 0.4) is 0 Å². The average Bonchev–Trinajstić information content (AvgIpc) is 2.59. The zero-order valence-electron chi connectivity index (χ0n) is 13.9. The fourth-order valence-corrected chi connectivity index (χ4v) is 2.01. The summed E-state index contributed by atoms with van der Waals surface area (Å²) in [5.74, 6) is -2.23. The predicted octanol–water partition coefficient (Wildman–Crippen LogP) is 1.96. The topological polar surface area (TPSA) is 88.6 Å². The molecule has 2 rings (SSSR count).